The summed E-state index contributed by atoms with van der Waals surface area (Å²) in [6.07, 6.45) is 7.19. The first-order chi connectivity index (χ1) is 23.6. The summed E-state index contributed by atoms with van der Waals surface area (Å²) in [5.41, 5.74) is 7.70. The minimum Gasteiger partial charge on any atom is -0.317 e. The lowest BCUT2D eigenvalue weighted by Crippen LogP contribution is -2.27. The van der Waals surface area contributed by atoms with Crippen molar-refractivity contribution in [3.63, 3.8) is 0 Å². The third-order valence-corrected chi connectivity index (χ3v) is 9.30. The Morgan fingerprint density at radius 1 is 0.429 bits per heavy atom. The Morgan fingerprint density at radius 3 is 1.14 bits per heavy atom. The lowest BCUT2D eigenvalue weighted by molar-refractivity contribution is 0.488. The topological polar surface area (TPSA) is 72.2 Å². The smallest absolute Gasteiger partial charge is 0.0205 e. The zero-order valence-corrected chi connectivity index (χ0v) is 32.0. The summed E-state index contributed by atoms with van der Waals surface area (Å²) in [6, 6.07) is 26.9. The molecule has 0 radical (unpaired) electrons. The van der Waals surface area contributed by atoms with Crippen LogP contribution in [0.5, 0.6) is 0 Å². The molecule has 0 heterocycles. The summed E-state index contributed by atoms with van der Waals surface area (Å²) in [4.78, 5) is 0. The fourth-order valence-corrected chi connectivity index (χ4v) is 5.56. The summed E-state index contributed by atoms with van der Waals surface area (Å²) < 4.78 is 0. The molecule has 0 amide bonds. The van der Waals surface area contributed by atoms with Gasteiger partial charge in [0.25, 0.3) is 0 Å². The maximum absolute atomic E-state index is 3.60. The van der Waals surface area contributed by atoms with Crippen LogP contribution in [0.1, 0.15) is 77.3 Å². The second-order valence-corrected chi connectivity index (χ2v) is 13.7. The Balaban J connectivity index is 0.00000833. The largest absolute Gasteiger partial charge is 0.317 e. The van der Waals surface area contributed by atoms with E-state index in [9.17, 15) is 0 Å². The molecule has 274 valence electrons. The molecule has 2 unspecified atom stereocenters. The molecule has 3 aromatic carbocycles. The molecule has 0 aliphatic heterocycles. The van der Waals surface area contributed by atoms with E-state index in [4.69, 9.17) is 0 Å². The van der Waals surface area contributed by atoms with Crippen LogP contribution in [0.4, 0.5) is 0 Å². The fourth-order valence-electron chi connectivity index (χ4n) is 5.56. The van der Waals surface area contributed by atoms with E-state index >= 15 is 0 Å². The minimum absolute atomic E-state index is 0. The number of hydrogen-bond donors (Lipinski definition) is 6. The highest BCUT2D eigenvalue weighted by Crippen LogP contribution is 2.27. The van der Waals surface area contributed by atoms with Gasteiger partial charge in [0, 0.05) is 13.1 Å². The second-order valence-electron chi connectivity index (χ2n) is 13.7. The van der Waals surface area contributed by atoms with Crippen LogP contribution in [0.15, 0.2) is 72.8 Å². The first-order valence-corrected chi connectivity index (χ1v) is 19.1. The molecule has 0 saturated heterocycles. The van der Waals surface area contributed by atoms with Gasteiger partial charge >= 0.3 is 0 Å². The maximum Gasteiger partial charge on any atom is 0.0205 e. The van der Waals surface area contributed by atoms with E-state index in [0.717, 1.165) is 103 Å². The van der Waals surface area contributed by atoms with E-state index in [1.165, 1.54) is 59.1 Å². The molecule has 0 spiro atoms. The van der Waals surface area contributed by atoms with Gasteiger partial charge in [0.15, 0.2) is 0 Å². The van der Waals surface area contributed by atoms with Crippen molar-refractivity contribution in [2.75, 3.05) is 65.4 Å². The normalized spacial score (nSPS) is 12.5. The number of rotatable bonds is 28. The van der Waals surface area contributed by atoms with E-state index in [0.29, 0.717) is 0 Å². The molecular formula is C42H69ClN6. The number of halogens is 1. The maximum atomic E-state index is 3.60. The van der Waals surface area contributed by atoms with Crippen LogP contribution < -0.4 is 31.9 Å². The Hall–Kier alpha value is -2.29. The second kappa shape index (κ2) is 27.4. The van der Waals surface area contributed by atoms with Gasteiger partial charge in [-0.3, -0.25) is 0 Å². The van der Waals surface area contributed by atoms with Gasteiger partial charge in [-0.15, -0.1) is 12.4 Å². The van der Waals surface area contributed by atoms with Crippen LogP contribution >= 0.6 is 12.4 Å². The molecule has 0 aromatic heterocycles. The van der Waals surface area contributed by atoms with Gasteiger partial charge in [-0.2, -0.15) is 0 Å². The first-order valence-electron chi connectivity index (χ1n) is 19.1. The summed E-state index contributed by atoms with van der Waals surface area (Å²) >= 11 is 0. The van der Waals surface area contributed by atoms with Crippen LogP contribution in [0.2, 0.25) is 0 Å². The van der Waals surface area contributed by atoms with Crippen molar-refractivity contribution in [1.82, 2.24) is 31.9 Å². The molecule has 3 aromatic rings. The van der Waals surface area contributed by atoms with Crippen molar-refractivity contribution in [1.29, 1.82) is 0 Å². The molecular weight excluding hydrogens is 624 g/mol. The highest BCUT2D eigenvalue weighted by Gasteiger charge is 2.04. The van der Waals surface area contributed by atoms with Crippen molar-refractivity contribution in [2.45, 2.75) is 79.3 Å². The van der Waals surface area contributed by atoms with E-state index in [2.05, 4.69) is 132 Å². The van der Waals surface area contributed by atoms with Gasteiger partial charge in [0.2, 0.25) is 0 Å². The summed E-state index contributed by atoms with van der Waals surface area (Å²) in [7, 11) is 0. The molecule has 7 heteroatoms. The average Bonchev–Trinajstić information content (AvgIpc) is 3.13. The van der Waals surface area contributed by atoms with Gasteiger partial charge in [0.1, 0.15) is 0 Å². The number of nitrogens with one attached hydrogen (secondary N) is 6. The standard InChI is InChI=1S/C42H68N6.ClH/c1-5-35(3)31-45-26-8-22-43-24-10-28-47-33-37-14-18-39(19-15-37)41-12-7-13-42(30-41)40-20-16-38(17-21-40)34-48-29-11-25-44-23-9-27-46-32-36(4)6-2;/h7,12-21,30,35-36,43-48H,5-6,8-11,22-29,31-34H2,1-4H3;1H. The van der Waals surface area contributed by atoms with Crippen molar-refractivity contribution >= 4 is 12.4 Å². The van der Waals surface area contributed by atoms with Gasteiger partial charge in [-0.25, -0.2) is 0 Å². The SMILES string of the molecule is CCC(C)CNCCCNCCCNCc1ccc(-c2cccc(-c3ccc(CNCCCNCCCNCC(C)CC)cc3)c2)cc1.Cl. The molecule has 0 fully saturated rings. The minimum atomic E-state index is 0. The Bertz CT molecular complexity index is 1110. The third kappa shape index (κ3) is 19.0. The highest BCUT2D eigenvalue weighted by molar-refractivity contribution is 5.85. The monoisotopic (exact) mass is 693 g/mol. The zero-order chi connectivity index (χ0) is 34.1. The average molecular weight is 694 g/mol. The highest BCUT2D eigenvalue weighted by atomic mass is 35.5. The van der Waals surface area contributed by atoms with Crippen LogP contribution in [0.3, 0.4) is 0 Å². The van der Waals surface area contributed by atoms with Gasteiger partial charge < -0.3 is 31.9 Å². The van der Waals surface area contributed by atoms with Crippen LogP contribution in [0, 0.1) is 11.8 Å². The first kappa shape index (κ1) is 42.9. The van der Waals surface area contributed by atoms with Crippen LogP contribution in [0.25, 0.3) is 22.3 Å². The van der Waals surface area contributed by atoms with Crippen LogP contribution in [-0.2, 0) is 13.1 Å². The van der Waals surface area contributed by atoms with Crippen molar-refractivity contribution in [3.05, 3.63) is 83.9 Å². The van der Waals surface area contributed by atoms with E-state index in [-0.39, 0.29) is 12.4 Å². The predicted molar refractivity (Wildman–Crippen MR) is 217 cm³/mol. The lowest BCUT2D eigenvalue weighted by Gasteiger charge is -2.11. The van der Waals surface area contributed by atoms with Gasteiger partial charge in [0.05, 0.1) is 0 Å². The number of hydrogen-bond acceptors (Lipinski definition) is 6. The lowest BCUT2D eigenvalue weighted by atomic mass is 9.98. The van der Waals surface area contributed by atoms with Gasteiger partial charge in [-0.1, -0.05) is 107 Å². The summed E-state index contributed by atoms with van der Waals surface area (Å²) in [5, 5.41) is 21.4. The van der Waals surface area contributed by atoms with Crippen molar-refractivity contribution in [2.24, 2.45) is 11.8 Å². The van der Waals surface area contributed by atoms with Crippen molar-refractivity contribution in [3.8, 4) is 22.3 Å². The third-order valence-electron chi connectivity index (χ3n) is 9.30. The molecule has 49 heavy (non-hydrogen) atoms. The van der Waals surface area contributed by atoms with Gasteiger partial charge in [-0.05, 0) is 142 Å². The molecule has 0 bridgehead atoms. The molecule has 6 nitrogen and oxygen atoms in total. The molecule has 0 saturated carbocycles. The molecule has 2 atom stereocenters. The fraction of sp³-hybridized carbons (Fsp3) is 0.571. The summed E-state index contributed by atoms with van der Waals surface area (Å²) in [5.74, 6) is 1.55. The van der Waals surface area contributed by atoms with E-state index in [1.54, 1.807) is 0 Å². The Kier molecular flexibility index (Phi) is 24.0. The Morgan fingerprint density at radius 2 is 0.776 bits per heavy atom. The zero-order valence-electron chi connectivity index (χ0n) is 31.2. The molecule has 0 aliphatic rings. The quantitative estimate of drug-likeness (QED) is 0.0440. The number of benzene rings is 3. The summed E-state index contributed by atoms with van der Waals surface area (Å²) in [6.45, 7) is 21.8. The Labute approximate surface area is 306 Å². The van der Waals surface area contributed by atoms with Crippen molar-refractivity contribution < 1.29 is 0 Å². The van der Waals surface area contributed by atoms with E-state index < -0.39 is 0 Å². The molecule has 3 rings (SSSR count). The van der Waals surface area contributed by atoms with Crippen LogP contribution in [-0.4, -0.2) is 65.4 Å². The van der Waals surface area contributed by atoms with E-state index in [1.807, 2.05) is 0 Å². The molecule has 0 aliphatic carbocycles. The molecule has 6 N–H and O–H groups in total. The predicted octanol–water partition coefficient (Wildman–Crippen LogP) is 7.63.